The number of carbonyl (C=O) groups excluding carboxylic acids is 1. The van der Waals surface area contributed by atoms with Crippen molar-refractivity contribution in [1.82, 2.24) is 14.9 Å². The summed E-state index contributed by atoms with van der Waals surface area (Å²) in [5.74, 6) is -0.0573. The third-order valence-corrected chi connectivity index (χ3v) is 3.59. The monoisotopic (exact) mass is 457 g/mol. The van der Waals surface area contributed by atoms with E-state index in [1.165, 1.54) is 0 Å². The lowest BCUT2D eigenvalue weighted by Gasteiger charge is -2.07. The number of nitrogens with two attached hydrogens (primary N) is 1. The van der Waals surface area contributed by atoms with Crippen LogP contribution in [0.4, 0.5) is 19.0 Å². The minimum Gasteiger partial charge on any atom is -0.384 e. The van der Waals surface area contributed by atoms with Crippen LogP contribution in [0, 0.1) is 0 Å². The Hall–Kier alpha value is -3.45. The number of hydrogen-bond donors (Lipinski definition) is 3. The first-order chi connectivity index (χ1) is 14.3. The molecule has 1 amide bonds. The van der Waals surface area contributed by atoms with Crippen molar-refractivity contribution in [3.8, 4) is 11.1 Å². The van der Waals surface area contributed by atoms with Crippen LogP contribution in [0.3, 0.4) is 0 Å². The number of benzene rings is 1. The molecule has 1 aromatic carbocycles. The van der Waals surface area contributed by atoms with Gasteiger partial charge in [-0.15, -0.1) is 0 Å². The molecule has 0 aliphatic heterocycles. The lowest BCUT2D eigenvalue weighted by atomic mass is 10.0. The van der Waals surface area contributed by atoms with E-state index >= 15 is 0 Å². The molecule has 0 fully saturated rings. The highest BCUT2D eigenvalue weighted by molar-refractivity contribution is 7.85. The van der Waals surface area contributed by atoms with Crippen LogP contribution in [0.25, 0.3) is 11.1 Å². The first-order valence-electron chi connectivity index (χ1n) is 8.46. The maximum Gasteiger partial charge on any atom is 0.419 e. The number of amides is 1. The van der Waals surface area contributed by atoms with Crippen molar-refractivity contribution in [3.05, 3.63) is 66.1 Å². The van der Waals surface area contributed by atoms with Gasteiger partial charge in [0.05, 0.1) is 30.6 Å². The molecule has 2 aromatic heterocycles. The molecule has 31 heavy (non-hydrogen) atoms. The number of hydrogen-bond acceptors (Lipinski definition) is 6. The molecule has 0 saturated heterocycles. The zero-order valence-electron chi connectivity index (χ0n) is 16.0. The van der Waals surface area contributed by atoms with Gasteiger partial charge in [0.1, 0.15) is 5.82 Å². The molecule has 0 aliphatic carbocycles. The number of nitrogens with one attached hydrogen (secondary N) is 1. The van der Waals surface area contributed by atoms with Crippen LogP contribution in [0.1, 0.15) is 11.1 Å². The molecule has 0 radical (unpaired) electrons. The number of nitrogens with zero attached hydrogens (tertiary/aromatic N) is 3. The molecular formula is C18H18F3N5O4S. The van der Waals surface area contributed by atoms with Crippen LogP contribution in [0.2, 0.25) is 0 Å². The standard InChI is InChI=1S/C17H14F3N5O.CH4O3S/c18-17(19,20)14-9-23-25(10-14)24-16(26)7-11-1-3-12(4-2-11)13-5-6-15(21)22-8-13;1-5(2,3)4/h1-6,8-10H,7H2,(H2,21,22)(H,24,26);1H3,(H,2,3,4). The maximum absolute atomic E-state index is 12.5. The molecule has 9 nitrogen and oxygen atoms in total. The van der Waals surface area contributed by atoms with Gasteiger partial charge < -0.3 is 5.73 Å². The molecule has 13 heteroatoms. The van der Waals surface area contributed by atoms with Gasteiger partial charge in [-0.2, -0.15) is 31.5 Å². The van der Waals surface area contributed by atoms with Gasteiger partial charge in [0, 0.05) is 11.8 Å². The van der Waals surface area contributed by atoms with Crippen molar-refractivity contribution < 1.29 is 30.9 Å². The van der Waals surface area contributed by atoms with Crippen LogP contribution in [0.5, 0.6) is 0 Å². The summed E-state index contributed by atoms with van der Waals surface area (Å²) in [5, 5.41) is 3.47. The number of nitrogen functional groups attached to an aromatic ring is 1. The SMILES string of the molecule is CS(=O)(=O)O.Nc1ccc(-c2ccc(CC(=O)Nn3cc(C(F)(F)F)cn3)cc2)cn1. The van der Waals surface area contributed by atoms with E-state index in [1.807, 2.05) is 18.2 Å². The number of anilines is 1. The Kier molecular flexibility index (Phi) is 7.36. The first kappa shape index (κ1) is 23.8. The Morgan fingerprint density at radius 1 is 1.13 bits per heavy atom. The Bertz CT molecular complexity index is 1120. The highest BCUT2D eigenvalue weighted by Gasteiger charge is 2.32. The van der Waals surface area contributed by atoms with Gasteiger partial charge in [-0.1, -0.05) is 24.3 Å². The molecule has 0 spiro atoms. The third-order valence-electron chi connectivity index (χ3n) is 3.59. The molecule has 0 aliphatic rings. The molecule has 0 bridgehead atoms. The van der Waals surface area contributed by atoms with Gasteiger partial charge in [0.2, 0.25) is 5.91 Å². The number of halogens is 3. The fraction of sp³-hybridized carbons (Fsp3) is 0.167. The van der Waals surface area contributed by atoms with E-state index in [0.29, 0.717) is 23.8 Å². The lowest BCUT2D eigenvalue weighted by Crippen LogP contribution is -2.24. The van der Waals surface area contributed by atoms with E-state index in [0.717, 1.165) is 22.1 Å². The van der Waals surface area contributed by atoms with E-state index in [2.05, 4.69) is 15.5 Å². The molecular weight excluding hydrogens is 439 g/mol. The molecule has 166 valence electrons. The molecule has 3 aromatic rings. The fourth-order valence-electron chi connectivity index (χ4n) is 2.27. The summed E-state index contributed by atoms with van der Waals surface area (Å²) in [5.41, 5.74) is 9.39. The molecule has 0 saturated carbocycles. The summed E-state index contributed by atoms with van der Waals surface area (Å²) in [6, 6.07) is 10.7. The number of rotatable bonds is 4. The summed E-state index contributed by atoms with van der Waals surface area (Å²) >= 11 is 0. The zero-order valence-corrected chi connectivity index (χ0v) is 16.9. The van der Waals surface area contributed by atoms with Crippen molar-refractivity contribution in [2.75, 3.05) is 17.4 Å². The van der Waals surface area contributed by atoms with Gasteiger partial charge >= 0.3 is 6.18 Å². The number of carbonyl (C=O) groups is 1. The molecule has 0 unspecified atom stereocenters. The fourth-order valence-corrected chi connectivity index (χ4v) is 2.27. The second kappa shape index (κ2) is 9.57. The number of pyridine rings is 1. The second-order valence-corrected chi connectivity index (χ2v) is 7.75. The smallest absolute Gasteiger partial charge is 0.384 e. The molecule has 4 N–H and O–H groups in total. The average Bonchev–Trinajstić information content (AvgIpc) is 3.10. The van der Waals surface area contributed by atoms with Crippen molar-refractivity contribution in [1.29, 1.82) is 0 Å². The highest BCUT2D eigenvalue weighted by atomic mass is 32.2. The van der Waals surface area contributed by atoms with E-state index in [1.54, 1.807) is 24.4 Å². The third kappa shape index (κ3) is 8.44. The van der Waals surface area contributed by atoms with Gasteiger partial charge in [0.25, 0.3) is 10.1 Å². The number of alkyl halides is 3. The summed E-state index contributed by atoms with van der Waals surface area (Å²) < 4.78 is 63.4. The summed E-state index contributed by atoms with van der Waals surface area (Å²) in [6.07, 6.45) is -0.776. The van der Waals surface area contributed by atoms with Crippen LogP contribution >= 0.6 is 0 Å². The van der Waals surface area contributed by atoms with Crippen molar-refractivity contribution in [2.45, 2.75) is 12.6 Å². The molecule has 0 atom stereocenters. The van der Waals surface area contributed by atoms with Crippen LogP contribution < -0.4 is 11.2 Å². The van der Waals surface area contributed by atoms with Gasteiger partial charge in [-0.3, -0.25) is 9.35 Å². The Labute approximate surface area is 175 Å². The van der Waals surface area contributed by atoms with Crippen molar-refractivity contribution in [2.24, 2.45) is 0 Å². The van der Waals surface area contributed by atoms with E-state index in [4.69, 9.17) is 10.3 Å². The quantitative estimate of drug-likeness (QED) is 0.511. The molecule has 2 heterocycles. The van der Waals surface area contributed by atoms with E-state index in [9.17, 15) is 26.4 Å². The minimum atomic E-state index is -4.50. The van der Waals surface area contributed by atoms with Crippen LogP contribution in [-0.4, -0.2) is 40.0 Å². The summed E-state index contributed by atoms with van der Waals surface area (Å²) in [6.45, 7) is 0. The van der Waals surface area contributed by atoms with E-state index < -0.39 is 27.8 Å². The predicted molar refractivity (Wildman–Crippen MR) is 107 cm³/mol. The Morgan fingerprint density at radius 2 is 1.71 bits per heavy atom. The van der Waals surface area contributed by atoms with Crippen LogP contribution in [0.15, 0.2) is 55.0 Å². The van der Waals surface area contributed by atoms with Gasteiger partial charge in [0.15, 0.2) is 0 Å². The lowest BCUT2D eigenvalue weighted by molar-refractivity contribution is -0.137. The minimum absolute atomic E-state index is 0.00147. The Balaban J connectivity index is 0.000000614. The predicted octanol–water partition coefficient (Wildman–Crippen LogP) is 2.36. The maximum atomic E-state index is 12.5. The highest BCUT2D eigenvalue weighted by Crippen LogP contribution is 2.28. The number of aromatic nitrogens is 3. The normalized spacial score (nSPS) is 11.4. The zero-order chi connectivity index (χ0) is 23.2. The van der Waals surface area contributed by atoms with E-state index in [-0.39, 0.29) is 6.42 Å². The van der Waals surface area contributed by atoms with Gasteiger partial charge in [-0.05, 0) is 23.3 Å². The first-order valence-corrected chi connectivity index (χ1v) is 10.3. The van der Waals surface area contributed by atoms with Gasteiger partial charge in [-0.25, -0.2) is 10.4 Å². The topological polar surface area (TPSA) is 140 Å². The summed E-state index contributed by atoms with van der Waals surface area (Å²) in [7, 11) is -3.67. The van der Waals surface area contributed by atoms with Crippen molar-refractivity contribution >= 4 is 21.8 Å². The summed E-state index contributed by atoms with van der Waals surface area (Å²) in [4.78, 5) is 16.7. The van der Waals surface area contributed by atoms with Crippen LogP contribution in [-0.2, 0) is 27.5 Å². The second-order valence-electron chi connectivity index (χ2n) is 6.28. The Morgan fingerprint density at radius 3 is 2.19 bits per heavy atom. The van der Waals surface area contributed by atoms with Crippen molar-refractivity contribution in [3.63, 3.8) is 0 Å². The average molecular weight is 457 g/mol. The largest absolute Gasteiger partial charge is 0.419 e. The molecule has 3 rings (SSSR count).